The quantitative estimate of drug-likeness (QED) is 0.838. The van der Waals surface area contributed by atoms with Gasteiger partial charge in [0.2, 0.25) is 5.91 Å². The number of ether oxygens (including phenoxy) is 1. The molecular formula is C18H25BrN2O3. The number of hydrogen-bond donors (Lipinski definition) is 1. The van der Waals surface area contributed by atoms with Gasteiger partial charge in [0.05, 0.1) is 6.04 Å². The van der Waals surface area contributed by atoms with E-state index in [-0.39, 0.29) is 11.9 Å². The Labute approximate surface area is 151 Å². The van der Waals surface area contributed by atoms with E-state index in [1.165, 1.54) is 0 Å². The van der Waals surface area contributed by atoms with Crippen molar-refractivity contribution < 1.29 is 14.3 Å². The zero-order valence-corrected chi connectivity index (χ0v) is 16.2. The van der Waals surface area contributed by atoms with Crippen LogP contribution in [-0.2, 0) is 9.53 Å². The molecule has 2 rings (SSSR count). The predicted octanol–water partition coefficient (Wildman–Crippen LogP) is 4.03. The van der Waals surface area contributed by atoms with Crippen LogP contribution in [0.5, 0.6) is 0 Å². The first-order chi connectivity index (χ1) is 11.2. The number of benzene rings is 1. The van der Waals surface area contributed by atoms with Crippen LogP contribution in [0.15, 0.2) is 28.7 Å². The summed E-state index contributed by atoms with van der Waals surface area (Å²) < 4.78 is 6.24. The molecular weight excluding hydrogens is 372 g/mol. The Balaban J connectivity index is 2.02. The van der Waals surface area contributed by atoms with Crippen molar-refractivity contribution in [2.75, 3.05) is 6.54 Å². The van der Waals surface area contributed by atoms with Crippen molar-refractivity contribution in [3.05, 3.63) is 34.3 Å². The second-order valence-electron chi connectivity index (χ2n) is 7.11. The standard InChI is InChI=1S/C18H25BrN2O3/c1-12(20-17(23)24-18(2,3)4)16(22)21-11-5-6-15(21)13-7-9-14(19)10-8-13/h7-10,12,15H,5-6,11H2,1-4H3,(H,20,23)/t12-,15+/m1/s1. The summed E-state index contributed by atoms with van der Waals surface area (Å²) in [6.07, 6.45) is 1.33. The van der Waals surface area contributed by atoms with Crippen molar-refractivity contribution in [3.63, 3.8) is 0 Å². The van der Waals surface area contributed by atoms with Crippen LogP contribution in [0.25, 0.3) is 0 Å². The Hall–Kier alpha value is -1.56. The Morgan fingerprint density at radius 2 is 1.92 bits per heavy atom. The largest absolute Gasteiger partial charge is 0.444 e. The molecule has 1 aliphatic heterocycles. The van der Waals surface area contributed by atoms with Gasteiger partial charge in [-0.25, -0.2) is 4.79 Å². The smallest absolute Gasteiger partial charge is 0.408 e. The Bertz CT molecular complexity index is 595. The van der Waals surface area contributed by atoms with Gasteiger partial charge in [0.1, 0.15) is 11.6 Å². The molecule has 1 saturated heterocycles. The number of alkyl carbamates (subject to hydrolysis) is 1. The van der Waals surface area contributed by atoms with Crippen LogP contribution in [0.1, 0.15) is 52.1 Å². The number of hydrogen-bond acceptors (Lipinski definition) is 3. The van der Waals surface area contributed by atoms with Gasteiger partial charge in [0.25, 0.3) is 0 Å². The van der Waals surface area contributed by atoms with Gasteiger partial charge in [0.15, 0.2) is 0 Å². The lowest BCUT2D eigenvalue weighted by Crippen LogP contribution is -2.47. The molecule has 6 heteroatoms. The Kier molecular flexibility index (Phi) is 5.91. The van der Waals surface area contributed by atoms with E-state index in [1.807, 2.05) is 29.2 Å². The molecule has 2 atom stereocenters. The van der Waals surface area contributed by atoms with E-state index < -0.39 is 17.7 Å². The molecule has 24 heavy (non-hydrogen) atoms. The minimum atomic E-state index is -0.615. The molecule has 1 fully saturated rings. The molecule has 2 amide bonds. The molecule has 0 radical (unpaired) electrons. The number of likely N-dealkylation sites (tertiary alicyclic amines) is 1. The topological polar surface area (TPSA) is 58.6 Å². The SMILES string of the molecule is C[C@@H](NC(=O)OC(C)(C)C)C(=O)N1CCC[C@H]1c1ccc(Br)cc1. The van der Waals surface area contributed by atoms with Crippen LogP contribution in [0.3, 0.4) is 0 Å². The van der Waals surface area contributed by atoms with E-state index in [1.54, 1.807) is 27.7 Å². The Morgan fingerprint density at radius 3 is 2.50 bits per heavy atom. The number of nitrogens with one attached hydrogen (secondary N) is 1. The fraction of sp³-hybridized carbons (Fsp3) is 0.556. The van der Waals surface area contributed by atoms with E-state index in [0.29, 0.717) is 6.54 Å². The normalized spacial score (nSPS) is 19.0. The van der Waals surface area contributed by atoms with E-state index in [2.05, 4.69) is 21.2 Å². The third-order valence-electron chi connectivity index (χ3n) is 3.89. The molecule has 5 nitrogen and oxygen atoms in total. The summed E-state index contributed by atoms with van der Waals surface area (Å²) in [6, 6.07) is 7.49. The van der Waals surface area contributed by atoms with E-state index >= 15 is 0 Å². The first-order valence-electron chi connectivity index (χ1n) is 8.23. The maximum Gasteiger partial charge on any atom is 0.408 e. The van der Waals surface area contributed by atoms with Crippen LogP contribution in [0, 0.1) is 0 Å². The summed E-state index contributed by atoms with van der Waals surface area (Å²) in [5.74, 6) is -0.0775. The average Bonchev–Trinajstić information content (AvgIpc) is 2.94. The van der Waals surface area contributed by atoms with Gasteiger partial charge < -0.3 is 15.0 Å². The molecule has 1 aromatic rings. The van der Waals surface area contributed by atoms with Crippen molar-refractivity contribution in [2.45, 2.75) is 58.2 Å². The van der Waals surface area contributed by atoms with Crippen LogP contribution in [-0.4, -0.2) is 35.1 Å². The van der Waals surface area contributed by atoms with Gasteiger partial charge in [0, 0.05) is 11.0 Å². The molecule has 0 unspecified atom stereocenters. The highest BCUT2D eigenvalue weighted by Crippen LogP contribution is 2.33. The number of carbonyl (C=O) groups excluding carboxylic acids is 2. The number of rotatable bonds is 3. The lowest BCUT2D eigenvalue weighted by molar-refractivity contribution is -0.134. The fourth-order valence-electron chi connectivity index (χ4n) is 2.86. The van der Waals surface area contributed by atoms with E-state index in [0.717, 1.165) is 22.9 Å². The first-order valence-corrected chi connectivity index (χ1v) is 9.02. The highest BCUT2D eigenvalue weighted by Gasteiger charge is 2.33. The molecule has 0 aliphatic carbocycles. The summed E-state index contributed by atoms with van der Waals surface area (Å²) in [6.45, 7) is 7.79. The summed E-state index contributed by atoms with van der Waals surface area (Å²) in [5.41, 5.74) is 0.536. The highest BCUT2D eigenvalue weighted by molar-refractivity contribution is 9.10. The molecule has 1 heterocycles. The molecule has 132 valence electrons. The van der Waals surface area contributed by atoms with Crippen LogP contribution in [0.2, 0.25) is 0 Å². The summed E-state index contributed by atoms with van der Waals surface area (Å²) in [7, 11) is 0. The lowest BCUT2D eigenvalue weighted by Gasteiger charge is -2.29. The highest BCUT2D eigenvalue weighted by atomic mass is 79.9. The van der Waals surface area contributed by atoms with Gasteiger partial charge in [-0.2, -0.15) is 0 Å². The zero-order chi connectivity index (χ0) is 17.9. The maximum absolute atomic E-state index is 12.7. The third-order valence-corrected chi connectivity index (χ3v) is 4.42. The average molecular weight is 397 g/mol. The van der Waals surface area contributed by atoms with Crippen LogP contribution < -0.4 is 5.32 Å². The molecule has 0 bridgehead atoms. The van der Waals surface area contributed by atoms with Gasteiger partial charge in [-0.3, -0.25) is 4.79 Å². The molecule has 0 aromatic heterocycles. The molecule has 0 spiro atoms. The van der Waals surface area contributed by atoms with Crippen molar-refractivity contribution in [3.8, 4) is 0 Å². The minimum Gasteiger partial charge on any atom is -0.444 e. The van der Waals surface area contributed by atoms with Crippen LogP contribution in [0.4, 0.5) is 4.79 Å². The fourth-order valence-corrected chi connectivity index (χ4v) is 3.12. The number of amides is 2. The zero-order valence-electron chi connectivity index (χ0n) is 14.6. The number of carbonyl (C=O) groups is 2. The van der Waals surface area contributed by atoms with Crippen molar-refractivity contribution in [2.24, 2.45) is 0 Å². The number of halogens is 1. The lowest BCUT2D eigenvalue weighted by atomic mass is 10.0. The van der Waals surface area contributed by atoms with Crippen LogP contribution >= 0.6 is 15.9 Å². The third kappa shape index (κ3) is 4.97. The van der Waals surface area contributed by atoms with Gasteiger partial charge in [-0.15, -0.1) is 0 Å². The first kappa shape index (κ1) is 18.8. The second kappa shape index (κ2) is 7.55. The summed E-state index contributed by atoms with van der Waals surface area (Å²) in [5, 5.41) is 2.63. The summed E-state index contributed by atoms with van der Waals surface area (Å²) in [4.78, 5) is 26.5. The van der Waals surface area contributed by atoms with E-state index in [9.17, 15) is 9.59 Å². The second-order valence-corrected chi connectivity index (χ2v) is 8.02. The molecule has 1 aromatic carbocycles. The maximum atomic E-state index is 12.7. The number of nitrogens with zero attached hydrogens (tertiary/aromatic N) is 1. The van der Waals surface area contributed by atoms with Crippen molar-refractivity contribution in [1.29, 1.82) is 0 Å². The monoisotopic (exact) mass is 396 g/mol. The van der Waals surface area contributed by atoms with Gasteiger partial charge >= 0.3 is 6.09 Å². The molecule has 1 N–H and O–H groups in total. The molecule has 1 aliphatic rings. The van der Waals surface area contributed by atoms with Gasteiger partial charge in [-0.1, -0.05) is 28.1 Å². The Morgan fingerprint density at radius 1 is 1.29 bits per heavy atom. The minimum absolute atomic E-state index is 0.0634. The van der Waals surface area contributed by atoms with Crippen molar-refractivity contribution in [1.82, 2.24) is 10.2 Å². The van der Waals surface area contributed by atoms with Crippen molar-refractivity contribution >= 4 is 27.9 Å². The predicted molar refractivity (Wildman–Crippen MR) is 96.7 cm³/mol. The van der Waals surface area contributed by atoms with E-state index in [4.69, 9.17) is 4.74 Å². The van der Waals surface area contributed by atoms with Gasteiger partial charge in [-0.05, 0) is 58.2 Å². The molecule has 0 saturated carbocycles. The summed E-state index contributed by atoms with van der Waals surface area (Å²) >= 11 is 3.43.